The SMILES string of the molecule is Cc1ccc2c(=O)c3cc4c(cc3[nH]c2c1)c(=O)c1c(S(=O)(=O)O)cccc1n4C. The van der Waals surface area contributed by atoms with E-state index in [1.165, 1.54) is 12.1 Å². The highest BCUT2D eigenvalue weighted by molar-refractivity contribution is 7.86. The Morgan fingerprint density at radius 3 is 2.33 bits per heavy atom. The molecule has 0 saturated heterocycles. The van der Waals surface area contributed by atoms with Gasteiger partial charge in [0.1, 0.15) is 4.90 Å². The van der Waals surface area contributed by atoms with Gasteiger partial charge < -0.3 is 9.55 Å². The van der Waals surface area contributed by atoms with E-state index in [4.69, 9.17) is 0 Å². The predicted molar refractivity (Wildman–Crippen MR) is 117 cm³/mol. The van der Waals surface area contributed by atoms with Gasteiger partial charge in [-0.2, -0.15) is 8.42 Å². The molecular formula is C22H16N2O5S. The number of nitrogens with zero attached hydrogens (tertiary/aromatic N) is 1. The van der Waals surface area contributed by atoms with Crippen LogP contribution < -0.4 is 10.9 Å². The monoisotopic (exact) mass is 420 g/mol. The molecule has 8 heteroatoms. The summed E-state index contributed by atoms with van der Waals surface area (Å²) in [5.41, 5.74) is 2.27. The molecule has 7 nitrogen and oxygen atoms in total. The van der Waals surface area contributed by atoms with Gasteiger partial charge >= 0.3 is 0 Å². The van der Waals surface area contributed by atoms with Gasteiger partial charge in [-0.3, -0.25) is 14.1 Å². The highest BCUT2D eigenvalue weighted by Crippen LogP contribution is 2.26. The molecule has 0 fully saturated rings. The summed E-state index contributed by atoms with van der Waals surface area (Å²) in [5, 5.41) is 1.13. The molecular weight excluding hydrogens is 404 g/mol. The van der Waals surface area contributed by atoms with Crippen molar-refractivity contribution in [2.75, 3.05) is 0 Å². The van der Waals surface area contributed by atoms with Crippen molar-refractivity contribution in [2.24, 2.45) is 7.05 Å². The lowest BCUT2D eigenvalue weighted by atomic mass is 10.0. The van der Waals surface area contributed by atoms with Crippen molar-refractivity contribution in [3.8, 4) is 0 Å². The molecule has 0 aliphatic carbocycles. The molecule has 2 heterocycles. The maximum atomic E-state index is 13.3. The van der Waals surface area contributed by atoms with Crippen LogP contribution in [0.3, 0.4) is 0 Å². The van der Waals surface area contributed by atoms with E-state index >= 15 is 0 Å². The van der Waals surface area contributed by atoms with Crippen molar-refractivity contribution in [1.82, 2.24) is 9.55 Å². The molecule has 2 aromatic heterocycles. The van der Waals surface area contributed by atoms with Gasteiger partial charge in [0.2, 0.25) is 0 Å². The maximum absolute atomic E-state index is 13.3. The quantitative estimate of drug-likeness (QED) is 0.320. The van der Waals surface area contributed by atoms with Crippen molar-refractivity contribution in [3.05, 3.63) is 74.5 Å². The van der Waals surface area contributed by atoms with Gasteiger partial charge in [-0.15, -0.1) is 0 Å². The number of fused-ring (bicyclic) bond motifs is 4. The van der Waals surface area contributed by atoms with Gasteiger partial charge in [0.05, 0.1) is 21.9 Å². The maximum Gasteiger partial charge on any atom is 0.295 e. The number of aromatic nitrogens is 2. The lowest BCUT2D eigenvalue weighted by molar-refractivity contribution is 0.484. The largest absolute Gasteiger partial charge is 0.354 e. The minimum atomic E-state index is -4.59. The summed E-state index contributed by atoms with van der Waals surface area (Å²) in [7, 11) is -2.91. The second kappa shape index (κ2) is 6.01. The van der Waals surface area contributed by atoms with Crippen molar-refractivity contribution >= 4 is 53.7 Å². The third-order valence-corrected chi connectivity index (χ3v) is 6.44. The first-order valence-electron chi connectivity index (χ1n) is 9.16. The van der Waals surface area contributed by atoms with Crippen LogP contribution in [0.15, 0.2) is 63.0 Å². The van der Waals surface area contributed by atoms with Crippen LogP contribution in [0.5, 0.6) is 0 Å². The molecule has 0 bridgehead atoms. The molecule has 3 aromatic carbocycles. The Labute approximate surface area is 169 Å². The van der Waals surface area contributed by atoms with Crippen LogP contribution in [-0.2, 0) is 17.2 Å². The zero-order valence-corrected chi connectivity index (χ0v) is 16.9. The number of hydrogen-bond acceptors (Lipinski definition) is 4. The Hall–Kier alpha value is -3.49. The second-order valence-corrected chi connectivity index (χ2v) is 8.82. The molecule has 2 N–H and O–H groups in total. The average Bonchev–Trinajstić information content (AvgIpc) is 2.70. The fraction of sp³-hybridized carbons (Fsp3) is 0.0909. The Kier molecular flexibility index (Phi) is 3.71. The van der Waals surface area contributed by atoms with Crippen LogP contribution in [0.4, 0.5) is 0 Å². The van der Waals surface area contributed by atoms with E-state index in [9.17, 15) is 22.6 Å². The number of H-pyrrole nitrogens is 1. The lowest BCUT2D eigenvalue weighted by Gasteiger charge is -2.13. The number of nitrogens with one attached hydrogen (secondary N) is 1. The summed E-state index contributed by atoms with van der Waals surface area (Å²) in [6, 6.07) is 13.0. The molecule has 5 rings (SSSR count). The van der Waals surface area contributed by atoms with Crippen LogP contribution in [0.1, 0.15) is 5.56 Å². The summed E-state index contributed by atoms with van der Waals surface area (Å²) in [4.78, 5) is 29.1. The molecule has 0 unspecified atom stereocenters. The van der Waals surface area contributed by atoms with Crippen molar-refractivity contribution in [2.45, 2.75) is 11.8 Å². The third kappa shape index (κ3) is 2.51. The number of hydrogen-bond donors (Lipinski definition) is 2. The first-order chi connectivity index (χ1) is 14.2. The summed E-state index contributed by atoms with van der Waals surface area (Å²) in [5.74, 6) is 0. The second-order valence-electron chi connectivity index (χ2n) is 7.43. The van der Waals surface area contributed by atoms with Crippen LogP contribution >= 0.6 is 0 Å². The molecule has 0 spiro atoms. The van der Waals surface area contributed by atoms with E-state index in [2.05, 4.69) is 4.98 Å². The van der Waals surface area contributed by atoms with Crippen LogP contribution in [0.25, 0.3) is 43.6 Å². The smallest absolute Gasteiger partial charge is 0.295 e. The molecule has 150 valence electrons. The van der Waals surface area contributed by atoms with Crippen LogP contribution in [-0.4, -0.2) is 22.5 Å². The van der Waals surface area contributed by atoms with E-state index in [1.54, 1.807) is 35.9 Å². The van der Waals surface area contributed by atoms with E-state index in [0.29, 0.717) is 32.8 Å². The van der Waals surface area contributed by atoms with E-state index in [1.807, 2.05) is 19.1 Å². The minimum absolute atomic E-state index is 0.0895. The number of rotatable bonds is 1. The van der Waals surface area contributed by atoms with Gasteiger partial charge in [0.25, 0.3) is 10.1 Å². The first-order valence-corrected chi connectivity index (χ1v) is 10.6. The molecule has 0 radical (unpaired) electrons. The number of aromatic amines is 1. The highest BCUT2D eigenvalue weighted by atomic mass is 32.2. The normalized spacial score (nSPS) is 12.4. The van der Waals surface area contributed by atoms with E-state index in [-0.39, 0.29) is 16.2 Å². The fourth-order valence-corrected chi connectivity index (χ4v) is 4.80. The van der Waals surface area contributed by atoms with Crippen LogP contribution in [0.2, 0.25) is 0 Å². The van der Waals surface area contributed by atoms with Gasteiger partial charge in [-0.1, -0.05) is 12.1 Å². The summed E-state index contributed by atoms with van der Waals surface area (Å²) >= 11 is 0. The Bertz CT molecular complexity index is 1780. The molecule has 0 aliphatic heterocycles. The highest BCUT2D eigenvalue weighted by Gasteiger charge is 2.20. The average molecular weight is 420 g/mol. The summed E-state index contributed by atoms with van der Waals surface area (Å²) in [6.07, 6.45) is 0. The minimum Gasteiger partial charge on any atom is -0.354 e. The van der Waals surface area contributed by atoms with Gasteiger partial charge in [-0.05, 0) is 48.9 Å². The zero-order valence-electron chi connectivity index (χ0n) is 16.1. The molecule has 5 aromatic rings. The molecule has 30 heavy (non-hydrogen) atoms. The standard InChI is InChI=1S/C22H16N2O5S/c1-11-6-7-12-15(8-11)23-16-9-14-18(10-13(16)21(12)25)24(2)17-4-3-5-19(30(27,28)29)20(17)22(14)26/h3-10H,1-2H3,(H,23,25)(H,27,28,29). The van der Waals surface area contributed by atoms with E-state index < -0.39 is 20.4 Å². The molecule has 0 saturated carbocycles. The molecule has 0 atom stereocenters. The lowest BCUT2D eigenvalue weighted by Crippen LogP contribution is -2.14. The van der Waals surface area contributed by atoms with Crippen molar-refractivity contribution in [1.29, 1.82) is 0 Å². The van der Waals surface area contributed by atoms with Crippen molar-refractivity contribution in [3.63, 3.8) is 0 Å². The zero-order chi connectivity index (χ0) is 21.4. The van der Waals surface area contributed by atoms with Gasteiger partial charge in [-0.25, -0.2) is 0 Å². The Morgan fingerprint density at radius 2 is 1.60 bits per heavy atom. The number of benzene rings is 3. The van der Waals surface area contributed by atoms with Gasteiger partial charge in [0, 0.05) is 28.7 Å². The Balaban J connectivity index is 2.05. The summed E-state index contributed by atoms with van der Waals surface area (Å²) in [6.45, 7) is 1.92. The predicted octanol–water partition coefficient (Wildman–Crippen LogP) is 3.24. The number of aryl methyl sites for hydroxylation is 2. The van der Waals surface area contributed by atoms with Crippen LogP contribution in [0, 0.1) is 6.92 Å². The van der Waals surface area contributed by atoms with Crippen molar-refractivity contribution < 1.29 is 13.0 Å². The summed E-state index contributed by atoms with van der Waals surface area (Å²) < 4.78 is 34.9. The fourth-order valence-electron chi connectivity index (χ4n) is 4.10. The topological polar surface area (TPSA) is 109 Å². The first kappa shape index (κ1) is 18.5. The van der Waals surface area contributed by atoms with Gasteiger partial charge in [0.15, 0.2) is 10.9 Å². The molecule has 0 amide bonds. The molecule has 0 aliphatic rings. The van der Waals surface area contributed by atoms with E-state index in [0.717, 1.165) is 5.56 Å². The number of pyridine rings is 2. The third-order valence-electron chi connectivity index (χ3n) is 5.55. The Morgan fingerprint density at radius 1 is 0.867 bits per heavy atom.